The largest absolute Gasteiger partial charge is 0.332 e. The fourth-order valence-corrected chi connectivity index (χ4v) is 1.18. The van der Waals surface area contributed by atoms with Gasteiger partial charge in [0.05, 0.1) is 6.54 Å². The molecule has 0 aromatic heterocycles. The van der Waals surface area contributed by atoms with E-state index in [9.17, 15) is 4.79 Å². The Balaban J connectivity index is 3.96. The van der Waals surface area contributed by atoms with Gasteiger partial charge in [0.2, 0.25) is 5.91 Å². The van der Waals surface area contributed by atoms with Crippen molar-refractivity contribution < 1.29 is 4.79 Å². The van der Waals surface area contributed by atoms with E-state index in [4.69, 9.17) is 12.2 Å². The molecule has 0 saturated heterocycles. The molecule has 0 radical (unpaired) electrons. The van der Waals surface area contributed by atoms with Crippen molar-refractivity contribution in [3.8, 4) is 12.3 Å². The molecule has 80 valence electrons. The van der Waals surface area contributed by atoms with Crippen LogP contribution < -0.4 is 5.73 Å². The lowest BCUT2D eigenvalue weighted by Crippen LogP contribution is -2.33. The van der Waals surface area contributed by atoms with Gasteiger partial charge in [-0.3, -0.25) is 4.79 Å². The maximum absolute atomic E-state index is 11.6. The summed E-state index contributed by atoms with van der Waals surface area (Å²) in [5, 5.41) is 0. The third kappa shape index (κ3) is 5.60. The van der Waals surface area contributed by atoms with Gasteiger partial charge in [-0.1, -0.05) is 12.8 Å². The number of terminal acetylenes is 1. The molecule has 0 spiro atoms. The predicted molar refractivity (Wildman–Crippen MR) is 58.6 cm³/mol. The van der Waals surface area contributed by atoms with E-state index in [1.165, 1.54) is 0 Å². The van der Waals surface area contributed by atoms with Crippen LogP contribution in [0.1, 0.15) is 33.1 Å². The van der Waals surface area contributed by atoms with Gasteiger partial charge >= 0.3 is 0 Å². The lowest BCUT2D eigenvalue weighted by molar-refractivity contribution is -0.130. The van der Waals surface area contributed by atoms with Gasteiger partial charge in [-0.15, -0.1) is 6.42 Å². The Hall–Kier alpha value is -1.01. The SMILES string of the molecule is C#CCN(CCC)C(=O)CCC(C)N. The van der Waals surface area contributed by atoms with Gasteiger partial charge in [0, 0.05) is 19.0 Å². The van der Waals surface area contributed by atoms with Crippen LogP contribution in [-0.4, -0.2) is 29.9 Å². The van der Waals surface area contributed by atoms with Crippen LogP contribution >= 0.6 is 0 Å². The van der Waals surface area contributed by atoms with Crippen molar-refractivity contribution in [3.63, 3.8) is 0 Å². The minimum Gasteiger partial charge on any atom is -0.332 e. The van der Waals surface area contributed by atoms with Gasteiger partial charge < -0.3 is 10.6 Å². The smallest absolute Gasteiger partial charge is 0.223 e. The molecule has 14 heavy (non-hydrogen) atoms. The molecule has 1 atom stereocenters. The van der Waals surface area contributed by atoms with E-state index in [1.807, 2.05) is 13.8 Å². The zero-order chi connectivity index (χ0) is 11.0. The molecule has 0 fully saturated rings. The normalized spacial score (nSPS) is 11.9. The van der Waals surface area contributed by atoms with Crippen LogP contribution in [0.3, 0.4) is 0 Å². The summed E-state index contributed by atoms with van der Waals surface area (Å²) in [6.45, 7) is 5.08. The Morgan fingerprint density at radius 3 is 2.71 bits per heavy atom. The van der Waals surface area contributed by atoms with Crippen molar-refractivity contribution >= 4 is 5.91 Å². The minimum atomic E-state index is 0.0771. The van der Waals surface area contributed by atoms with Crippen LogP contribution in [0.5, 0.6) is 0 Å². The van der Waals surface area contributed by atoms with E-state index in [2.05, 4.69) is 5.92 Å². The summed E-state index contributed by atoms with van der Waals surface area (Å²) in [6, 6.07) is 0.0771. The van der Waals surface area contributed by atoms with E-state index in [0.29, 0.717) is 13.0 Å². The monoisotopic (exact) mass is 196 g/mol. The molecule has 3 nitrogen and oxygen atoms in total. The van der Waals surface area contributed by atoms with Gasteiger partial charge in [0.1, 0.15) is 0 Å². The van der Waals surface area contributed by atoms with Crippen molar-refractivity contribution in [3.05, 3.63) is 0 Å². The maximum Gasteiger partial charge on any atom is 0.223 e. The number of carbonyl (C=O) groups excluding carboxylic acids is 1. The Labute approximate surface area is 86.6 Å². The minimum absolute atomic E-state index is 0.0771. The Kier molecular flexibility index (Phi) is 6.87. The second-order valence-electron chi connectivity index (χ2n) is 3.54. The Bertz CT molecular complexity index is 206. The quantitative estimate of drug-likeness (QED) is 0.644. The average molecular weight is 196 g/mol. The summed E-state index contributed by atoms with van der Waals surface area (Å²) in [4.78, 5) is 13.3. The van der Waals surface area contributed by atoms with Crippen LogP contribution in [0, 0.1) is 12.3 Å². The van der Waals surface area contributed by atoms with Gasteiger partial charge in [-0.2, -0.15) is 0 Å². The number of hydrogen-bond donors (Lipinski definition) is 1. The lowest BCUT2D eigenvalue weighted by Gasteiger charge is -2.19. The van der Waals surface area contributed by atoms with Gasteiger partial charge in [-0.05, 0) is 19.8 Å². The van der Waals surface area contributed by atoms with Crippen molar-refractivity contribution in [2.75, 3.05) is 13.1 Å². The van der Waals surface area contributed by atoms with E-state index >= 15 is 0 Å². The lowest BCUT2D eigenvalue weighted by atomic mass is 10.2. The third-order valence-corrected chi connectivity index (χ3v) is 1.94. The first kappa shape index (κ1) is 13.0. The third-order valence-electron chi connectivity index (χ3n) is 1.94. The van der Waals surface area contributed by atoms with Crippen molar-refractivity contribution in [1.29, 1.82) is 0 Å². The Morgan fingerprint density at radius 1 is 1.64 bits per heavy atom. The highest BCUT2D eigenvalue weighted by molar-refractivity contribution is 5.76. The van der Waals surface area contributed by atoms with Crippen molar-refractivity contribution in [2.24, 2.45) is 5.73 Å². The molecule has 0 aliphatic rings. The molecular formula is C11H20N2O. The molecule has 0 aliphatic carbocycles. The standard InChI is InChI=1S/C11H20N2O/c1-4-8-13(9-5-2)11(14)7-6-10(3)12/h1,10H,5-9,12H2,2-3H3. The number of amides is 1. The van der Waals surface area contributed by atoms with Crippen molar-refractivity contribution in [1.82, 2.24) is 4.90 Å². The summed E-state index contributed by atoms with van der Waals surface area (Å²) >= 11 is 0. The van der Waals surface area contributed by atoms with Gasteiger partial charge in [0.25, 0.3) is 0 Å². The average Bonchev–Trinajstić information content (AvgIpc) is 2.14. The summed E-state index contributed by atoms with van der Waals surface area (Å²) in [6.07, 6.45) is 7.35. The molecule has 0 aromatic carbocycles. The molecule has 0 saturated carbocycles. The fraction of sp³-hybridized carbons (Fsp3) is 0.727. The topological polar surface area (TPSA) is 46.3 Å². The molecule has 0 aromatic rings. The predicted octanol–water partition coefficient (Wildman–Crippen LogP) is 0.986. The van der Waals surface area contributed by atoms with Crippen LogP contribution in [0.2, 0.25) is 0 Å². The van der Waals surface area contributed by atoms with Gasteiger partial charge in [-0.25, -0.2) is 0 Å². The zero-order valence-electron chi connectivity index (χ0n) is 9.12. The Morgan fingerprint density at radius 2 is 2.29 bits per heavy atom. The number of nitrogens with two attached hydrogens (primary N) is 1. The number of hydrogen-bond acceptors (Lipinski definition) is 2. The molecule has 0 bridgehead atoms. The number of rotatable bonds is 6. The highest BCUT2D eigenvalue weighted by Crippen LogP contribution is 2.00. The second-order valence-corrected chi connectivity index (χ2v) is 3.54. The van der Waals surface area contributed by atoms with Crippen LogP contribution in [0.4, 0.5) is 0 Å². The van der Waals surface area contributed by atoms with E-state index in [1.54, 1.807) is 4.90 Å². The zero-order valence-corrected chi connectivity index (χ0v) is 9.12. The fourth-order valence-electron chi connectivity index (χ4n) is 1.18. The highest BCUT2D eigenvalue weighted by Gasteiger charge is 2.11. The molecular weight excluding hydrogens is 176 g/mol. The first-order chi connectivity index (χ1) is 6.61. The summed E-state index contributed by atoms with van der Waals surface area (Å²) in [5.41, 5.74) is 5.58. The van der Waals surface area contributed by atoms with Gasteiger partial charge in [0.15, 0.2) is 0 Å². The van der Waals surface area contributed by atoms with E-state index in [-0.39, 0.29) is 11.9 Å². The molecule has 2 N–H and O–H groups in total. The second kappa shape index (κ2) is 7.40. The van der Waals surface area contributed by atoms with E-state index in [0.717, 1.165) is 19.4 Å². The summed E-state index contributed by atoms with van der Waals surface area (Å²) in [5.74, 6) is 2.61. The maximum atomic E-state index is 11.6. The first-order valence-electron chi connectivity index (χ1n) is 5.08. The van der Waals surface area contributed by atoms with Crippen LogP contribution in [0.25, 0.3) is 0 Å². The molecule has 0 heterocycles. The molecule has 1 amide bonds. The highest BCUT2D eigenvalue weighted by atomic mass is 16.2. The molecule has 1 unspecified atom stereocenters. The van der Waals surface area contributed by atoms with E-state index < -0.39 is 0 Å². The first-order valence-corrected chi connectivity index (χ1v) is 5.08. The molecule has 0 rings (SSSR count). The summed E-state index contributed by atoms with van der Waals surface area (Å²) < 4.78 is 0. The van der Waals surface area contributed by atoms with Crippen LogP contribution in [-0.2, 0) is 4.79 Å². The van der Waals surface area contributed by atoms with Crippen molar-refractivity contribution in [2.45, 2.75) is 39.2 Å². The molecule has 3 heteroatoms. The summed E-state index contributed by atoms with van der Waals surface area (Å²) in [7, 11) is 0. The molecule has 0 aliphatic heterocycles. The number of nitrogens with zero attached hydrogens (tertiary/aromatic N) is 1. The number of carbonyl (C=O) groups is 1. The van der Waals surface area contributed by atoms with Crippen LogP contribution in [0.15, 0.2) is 0 Å².